The lowest BCUT2D eigenvalue weighted by Gasteiger charge is -2.43. The molecule has 0 amide bonds. The number of ether oxygens (including phenoxy) is 1. The van der Waals surface area contributed by atoms with Crippen LogP contribution < -0.4 is 10.3 Å². The first kappa shape index (κ1) is 20.4. The second kappa shape index (κ2) is 8.56. The molecule has 0 saturated carbocycles. The number of piperidine rings is 1. The maximum absolute atomic E-state index is 13.4. The minimum atomic E-state index is 0.160. The van der Waals surface area contributed by atoms with E-state index in [4.69, 9.17) is 4.74 Å². The van der Waals surface area contributed by atoms with E-state index in [-0.39, 0.29) is 5.56 Å². The number of hydrogen-bond donors (Lipinski definition) is 0. The summed E-state index contributed by atoms with van der Waals surface area (Å²) >= 11 is 1.72. The molecule has 5 rings (SSSR count). The summed E-state index contributed by atoms with van der Waals surface area (Å²) in [5.74, 6) is 1.84. The fourth-order valence-corrected chi connectivity index (χ4v) is 5.56. The molecule has 4 nitrogen and oxygen atoms in total. The molecule has 3 heterocycles. The predicted octanol–water partition coefficient (Wildman–Crippen LogP) is 4.87. The van der Waals surface area contributed by atoms with Crippen molar-refractivity contribution in [2.24, 2.45) is 5.92 Å². The van der Waals surface area contributed by atoms with Crippen LogP contribution in [-0.2, 0) is 13.1 Å². The van der Waals surface area contributed by atoms with Crippen LogP contribution in [0.1, 0.15) is 23.6 Å². The summed E-state index contributed by atoms with van der Waals surface area (Å²) in [6.07, 6.45) is 3.25. The molecule has 0 radical (unpaired) electrons. The van der Waals surface area contributed by atoms with Gasteiger partial charge in [0.05, 0.1) is 7.11 Å². The molecule has 31 heavy (non-hydrogen) atoms. The van der Waals surface area contributed by atoms with Gasteiger partial charge in [0.25, 0.3) is 5.56 Å². The molecule has 2 atom stereocenters. The highest BCUT2D eigenvalue weighted by Gasteiger charge is 2.34. The van der Waals surface area contributed by atoms with Gasteiger partial charge in [-0.3, -0.25) is 9.69 Å². The number of fused-ring (bicyclic) bond motifs is 4. The Morgan fingerprint density at radius 3 is 2.45 bits per heavy atom. The number of rotatable bonds is 5. The van der Waals surface area contributed by atoms with Crippen LogP contribution in [-0.4, -0.2) is 35.9 Å². The molecule has 0 aliphatic carbocycles. The van der Waals surface area contributed by atoms with E-state index in [0.29, 0.717) is 11.8 Å². The number of likely N-dealkylation sites (tertiary alicyclic amines) is 1. The molecule has 1 aromatic heterocycles. The summed E-state index contributed by atoms with van der Waals surface area (Å²) in [5.41, 5.74) is 4.49. The minimum Gasteiger partial charge on any atom is -0.497 e. The topological polar surface area (TPSA) is 34.5 Å². The van der Waals surface area contributed by atoms with Crippen LogP contribution in [0.3, 0.4) is 0 Å². The van der Waals surface area contributed by atoms with Gasteiger partial charge in [-0.05, 0) is 66.1 Å². The molecule has 0 spiro atoms. The molecule has 3 aromatic rings. The quantitative estimate of drug-likeness (QED) is 0.539. The van der Waals surface area contributed by atoms with Gasteiger partial charge in [0.15, 0.2) is 0 Å². The Bertz CT molecular complexity index is 1120. The van der Waals surface area contributed by atoms with Crippen LogP contribution in [0.15, 0.2) is 70.4 Å². The third-order valence-electron chi connectivity index (χ3n) is 6.65. The summed E-state index contributed by atoms with van der Waals surface area (Å²) in [5, 5.41) is 0. The van der Waals surface area contributed by atoms with Crippen molar-refractivity contribution in [1.82, 2.24) is 9.47 Å². The Hall–Kier alpha value is -2.50. The number of methoxy groups -OCH3 is 1. The van der Waals surface area contributed by atoms with Crippen molar-refractivity contribution in [3.8, 4) is 16.9 Å². The van der Waals surface area contributed by atoms with Crippen LogP contribution in [0.4, 0.5) is 0 Å². The van der Waals surface area contributed by atoms with Crippen LogP contribution >= 0.6 is 11.8 Å². The maximum Gasteiger partial charge on any atom is 0.258 e. The van der Waals surface area contributed by atoms with E-state index >= 15 is 0 Å². The third-order valence-corrected chi connectivity index (χ3v) is 7.39. The molecule has 160 valence electrons. The molecule has 2 unspecified atom stereocenters. The smallest absolute Gasteiger partial charge is 0.258 e. The van der Waals surface area contributed by atoms with E-state index in [1.54, 1.807) is 18.9 Å². The highest BCUT2D eigenvalue weighted by Crippen LogP contribution is 2.36. The van der Waals surface area contributed by atoms with E-state index in [1.165, 1.54) is 22.6 Å². The van der Waals surface area contributed by atoms with E-state index in [2.05, 4.69) is 58.2 Å². The summed E-state index contributed by atoms with van der Waals surface area (Å²) in [4.78, 5) is 17.1. The van der Waals surface area contributed by atoms with Crippen LogP contribution in [0, 0.1) is 5.92 Å². The molecule has 2 bridgehead atoms. The molecule has 1 fully saturated rings. The summed E-state index contributed by atoms with van der Waals surface area (Å²) in [6, 6.07) is 20.9. The molecular formula is C26H28N2O2S. The monoisotopic (exact) mass is 432 g/mol. The first-order valence-corrected chi connectivity index (χ1v) is 12.1. The van der Waals surface area contributed by atoms with Crippen molar-refractivity contribution in [1.29, 1.82) is 0 Å². The number of thioether (sulfide) groups is 1. The van der Waals surface area contributed by atoms with Gasteiger partial charge in [0.1, 0.15) is 5.75 Å². The molecular weight excluding hydrogens is 404 g/mol. The van der Waals surface area contributed by atoms with Gasteiger partial charge < -0.3 is 9.30 Å². The summed E-state index contributed by atoms with van der Waals surface area (Å²) in [6.45, 7) is 3.81. The van der Waals surface area contributed by atoms with Crippen molar-refractivity contribution < 1.29 is 4.74 Å². The van der Waals surface area contributed by atoms with Gasteiger partial charge in [0.2, 0.25) is 0 Å². The lowest BCUT2D eigenvalue weighted by Crippen LogP contribution is -2.46. The van der Waals surface area contributed by atoms with Crippen LogP contribution in [0.25, 0.3) is 11.1 Å². The first-order chi connectivity index (χ1) is 15.1. The van der Waals surface area contributed by atoms with Gasteiger partial charge in [-0.15, -0.1) is 11.8 Å². The van der Waals surface area contributed by atoms with Crippen molar-refractivity contribution >= 4 is 11.8 Å². The third kappa shape index (κ3) is 4.04. The number of benzene rings is 2. The summed E-state index contributed by atoms with van der Waals surface area (Å²) in [7, 11) is 1.70. The Morgan fingerprint density at radius 1 is 0.968 bits per heavy atom. The van der Waals surface area contributed by atoms with E-state index in [1.807, 2.05) is 18.2 Å². The SMILES string of the molecule is COc1ccc(CN2CC3CC(C2)c2ccc(-c4ccc(SC)cc4)c(=O)n2C3)cc1. The van der Waals surface area contributed by atoms with E-state index in [0.717, 1.165) is 43.1 Å². The second-order valence-corrected chi connectivity index (χ2v) is 9.54. The normalized spacial score (nSPS) is 20.3. The van der Waals surface area contributed by atoms with Gasteiger partial charge >= 0.3 is 0 Å². The Kier molecular flexibility index (Phi) is 5.63. The molecule has 1 saturated heterocycles. The van der Waals surface area contributed by atoms with Gasteiger partial charge in [-0.1, -0.05) is 24.3 Å². The Morgan fingerprint density at radius 2 is 1.74 bits per heavy atom. The highest BCUT2D eigenvalue weighted by atomic mass is 32.2. The largest absolute Gasteiger partial charge is 0.497 e. The van der Waals surface area contributed by atoms with Gasteiger partial charge in [0, 0.05) is 48.2 Å². The first-order valence-electron chi connectivity index (χ1n) is 10.9. The van der Waals surface area contributed by atoms with Crippen molar-refractivity contribution in [2.75, 3.05) is 26.5 Å². The molecule has 5 heteroatoms. The van der Waals surface area contributed by atoms with Crippen molar-refractivity contribution in [2.45, 2.75) is 30.3 Å². The van der Waals surface area contributed by atoms with Gasteiger partial charge in [-0.2, -0.15) is 0 Å². The average molecular weight is 433 g/mol. The lowest BCUT2D eigenvalue weighted by atomic mass is 9.82. The fraction of sp³-hybridized carbons (Fsp3) is 0.346. The van der Waals surface area contributed by atoms with Crippen molar-refractivity contribution in [3.05, 3.63) is 82.3 Å². The standard InChI is InChI=1S/C26H28N2O2S/c1-30-22-7-3-18(4-8-22)14-27-15-19-13-21(17-27)25-12-11-24(26(29)28(25)16-19)20-5-9-23(31-2)10-6-20/h3-12,19,21H,13-17H2,1-2H3. The zero-order valence-electron chi connectivity index (χ0n) is 18.1. The molecule has 2 aliphatic rings. The Labute approximate surface area is 187 Å². The number of nitrogens with zero attached hydrogens (tertiary/aromatic N) is 2. The highest BCUT2D eigenvalue weighted by molar-refractivity contribution is 7.98. The number of aromatic nitrogens is 1. The molecule has 0 N–H and O–H groups in total. The second-order valence-electron chi connectivity index (χ2n) is 8.66. The summed E-state index contributed by atoms with van der Waals surface area (Å²) < 4.78 is 7.33. The van der Waals surface area contributed by atoms with Crippen LogP contribution in [0.2, 0.25) is 0 Å². The molecule has 2 aromatic carbocycles. The average Bonchev–Trinajstić information content (AvgIpc) is 2.80. The van der Waals surface area contributed by atoms with Crippen molar-refractivity contribution in [3.63, 3.8) is 0 Å². The van der Waals surface area contributed by atoms with Gasteiger partial charge in [-0.25, -0.2) is 0 Å². The zero-order valence-corrected chi connectivity index (χ0v) is 18.9. The van der Waals surface area contributed by atoms with Crippen LogP contribution in [0.5, 0.6) is 5.75 Å². The fourth-order valence-electron chi connectivity index (χ4n) is 5.15. The Balaban J connectivity index is 1.38. The molecule has 2 aliphatic heterocycles. The lowest BCUT2D eigenvalue weighted by molar-refractivity contribution is 0.114. The predicted molar refractivity (Wildman–Crippen MR) is 127 cm³/mol. The number of pyridine rings is 1. The number of hydrogen-bond acceptors (Lipinski definition) is 4. The maximum atomic E-state index is 13.4. The zero-order chi connectivity index (χ0) is 21.4. The van der Waals surface area contributed by atoms with E-state index in [9.17, 15) is 4.79 Å². The van der Waals surface area contributed by atoms with E-state index < -0.39 is 0 Å². The minimum absolute atomic E-state index is 0.160.